The number of rotatable bonds is 3. The van der Waals surface area contributed by atoms with Crippen molar-refractivity contribution in [3.05, 3.63) is 47.8 Å². The second kappa shape index (κ2) is 6.20. The quantitative estimate of drug-likeness (QED) is 0.733. The number of pyridine rings is 1. The van der Waals surface area contributed by atoms with Crippen LogP contribution in [0.3, 0.4) is 0 Å². The van der Waals surface area contributed by atoms with Crippen molar-refractivity contribution in [2.75, 3.05) is 6.54 Å². The maximum Gasteiger partial charge on any atom is 0.573 e. The van der Waals surface area contributed by atoms with Crippen molar-refractivity contribution in [2.45, 2.75) is 24.2 Å². The van der Waals surface area contributed by atoms with Gasteiger partial charge >= 0.3 is 6.36 Å². The van der Waals surface area contributed by atoms with Gasteiger partial charge in [0.15, 0.2) is 5.65 Å². The lowest BCUT2D eigenvalue weighted by Gasteiger charge is -2.28. The van der Waals surface area contributed by atoms with E-state index in [1.54, 1.807) is 12.4 Å². The van der Waals surface area contributed by atoms with Crippen molar-refractivity contribution >= 4 is 21.1 Å². The molecule has 3 aromatic rings. The normalized spacial score (nSPS) is 15.7. The Balaban J connectivity index is 1.59. The number of aromatic amines is 1. The van der Waals surface area contributed by atoms with Crippen LogP contribution in [0.1, 0.15) is 11.1 Å². The number of H-pyrrole nitrogens is 1. The summed E-state index contributed by atoms with van der Waals surface area (Å²) in [7, 11) is -3.86. The minimum absolute atomic E-state index is 0.0992. The average molecular weight is 398 g/mol. The van der Waals surface area contributed by atoms with Gasteiger partial charge in [0, 0.05) is 24.7 Å². The van der Waals surface area contributed by atoms with Crippen LogP contribution in [0.2, 0.25) is 0 Å². The summed E-state index contributed by atoms with van der Waals surface area (Å²) >= 11 is 0. The van der Waals surface area contributed by atoms with E-state index >= 15 is 0 Å². The summed E-state index contributed by atoms with van der Waals surface area (Å²) in [6.45, 7) is 0.382. The summed E-state index contributed by atoms with van der Waals surface area (Å²) < 4.78 is 67.4. The molecule has 0 atom stereocenters. The lowest BCUT2D eigenvalue weighted by atomic mass is 10.0. The van der Waals surface area contributed by atoms with E-state index in [2.05, 4.69) is 19.9 Å². The monoisotopic (exact) mass is 398 g/mol. The number of fused-ring (bicyclic) bond motifs is 3. The zero-order valence-electron chi connectivity index (χ0n) is 13.7. The molecule has 1 aromatic carbocycles. The predicted octanol–water partition coefficient (Wildman–Crippen LogP) is 2.60. The van der Waals surface area contributed by atoms with Gasteiger partial charge in [-0.3, -0.25) is 5.10 Å². The van der Waals surface area contributed by atoms with Crippen LogP contribution in [0.4, 0.5) is 13.2 Å². The molecule has 1 aliphatic heterocycles. The van der Waals surface area contributed by atoms with Crippen LogP contribution >= 0.6 is 0 Å². The molecule has 0 fully saturated rings. The first-order valence-electron chi connectivity index (χ1n) is 7.90. The maximum atomic E-state index is 12.8. The number of aromatic nitrogens is 3. The van der Waals surface area contributed by atoms with E-state index in [1.165, 1.54) is 4.31 Å². The van der Waals surface area contributed by atoms with Gasteiger partial charge in [-0.2, -0.15) is 9.40 Å². The van der Waals surface area contributed by atoms with Gasteiger partial charge in [0.05, 0.1) is 11.1 Å². The Bertz CT molecular complexity index is 1090. The minimum Gasteiger partial charge on any atom is -0.406 e. The molecule has 0 radical (unpaired) electrons. The van der Waals surface area contributed by atoms with Crippen LogP contribution in [0, 0.1) is 0 Å². The number of halogens is 3. The standard InChI is InChI=1S/C16H13F3N4O3S/c17-16(18,19)26-11-1-3-12(4-2-11)27(24,25)23-6-5-13-10(9-23)7-20-15-14(13)8-21-22-15/h1-4,7-8H,5-6,9H2,(H,20,21,22). The molecule has 1 N–H and O–H groups in total. The summed E-state index contributed by atoms with van der Waals surface area (Å²) in [5.41, 5.74) is 2.41. The number of alkyl halides is 3. The Hall–Kier alpha value is -2.66. The van der Waals surface area contributed by atoms with Crippen LogP contribution in [0.5, 0.6) is 5.75 Å². The van der Waals surface area contributed by atoms with Crippen LogP contribution in [-0.2, 0) is 23.0 Å². The van der Waals surface area contributed by atoms with Gasteiger partial charge in [-0.25, -0.2) is 13.4 Å². The van der Waals surface area contributed by atoms with Gasteiger partial charge in [-0.1, -0.05) is 0 Å². The molecule has 7 nitrogen and oxygen atoms in total. The molecule has 0 unspecified atom stereocenters. The summed E-state index contributed by atoms with van der Waals surface area (Å²) in [6.07, 6.45) is -1.08. The molecular formula is C16H13F3N4O3S. The molecule has 4 rings (SSSR count). The Morgan fingerprint density at radius 1 is 1.15 bits per heavy atom. The first kappa shape index (κ1) is 17.7. The molecule has 0 spiro atoms. The maximum absolute atomic E-state index is 12.8. The number of ether oxygens (including phenoxy) is 1. The minimum atomic E-state index is -4.83. The van der Waals surface area contributed by atoms with Crippen LogP contribution in [0.25, 0.3) is 11.0 Å². The Labute approximate surface area is 151 Å². The molecule has 3 heterocycles. The third-order valence-corrected chi connectivity index (χ3v) is 6.19. The third-order valence-electron chi connectivity index (χ3n) is 4.33. The molecule has 11 heteroatoms. The van der Waals surface area contributed by atoms with E-state index in [0.29, 0.717) is 12.1 Å². The predicted molar refractivity (Wildman–Crippen MR) is 88.3 cm³/mol. The van der Waals surface area contributed by atoms with Crippen LogP contribution in [-0.4, -0.2) is 40.8 Å². The van der Waals surface area contributed by atoms with Crippen molar-refractivity contribution < 1.29 is 26.3 Å². The third kappa shape index (κ3) is 3.35. The largest absolute Gasteiger partial charge is 0.573 e. The fraction of sp³-hybridized carbons (Fsp3) is 0.250. The SMILES string of the molecule is O=S(=O)(c1ccc(OC(F)(F)F)cc1)N1CCc2c(cnc3[nH]ncc23)C1. The van der Waals surface area contributed by atoms with Crippen molar-refractivity contribution in [1.82, 2.24) is 19.5 Å². The highest BCUT2D eigenvalue weighted by Gasteiger charge is 2.32. The van der Waals surface area contributed by atoms with Crippen molar-refractivity contribution in [1.29, 1.82) is 0 Å². The van der Waals surface area contributed by atoms with Gasteiger partial charge in [0.1, 0.15) is 5.75 Å². The molecule has 142 valence electrons. The molecule has 1 aliphatic rings. The van der Waals surface area contributed by atoms with E-state index < -0.39 is 22.1 Å². The molecule has 0 amide bonds. The highest BCUT2D eigenvalue weighted by atomic mass is 32.2. The molecule has 0 bridgehead atoms. The van der Waals surface area contributed by atoms with E-state index in [9.17, 15) is 21.6 Å². The lowest BCUT2D eigenvalue weighted by molar-refractivity contribution is -0.274. The summed E-state index contributed by atoms with van der Waals surface area (Å²) in [6, 6.07) is 4.16. The molecule has 0 aliphatic carbocycles. The number of nitrogens with zero attached hydrogens (tertiary/aromatic N) is 3. The first-order chi connectivity index (χ1) is 12.7. The molecule has 2 aromatic heterocycles. The van der Waals surface area contributed by atoms with Crippen molar-refractivity contribution in [2.24, 2.45) is 0 Å². The summed E-state index contributed by atoms with van der Waals surface area (Å²) in [5.74, 6) is -0.475. The number of hydrogen-bond acceptors (Lipinski definition) is 5. The number of nitrogens with one attached hydrogen (secondary N) is 1. The summed E-state index contributed by atoms with van der Waals surface area (Å²) in [4.78, 5) is 4.13. The van der Waals surface area contributed by atoms with E-state index in [1.807, 2.05) is 0 Å². The number of benzene rings is 1. The molecular weight excluding hydrogens is 385 g/mol. The van der Waals surface area contributed by atoms with Gasteiger partial charge in [-0.15, -0.1) is 13.2 Å². The second-order valence-electron chi connectivity index (χ2n) is 6.00. The Morgan fingerprint density at radius 3 is 2.59 bits per heavy atom. The Kier molecular flexibility index (Phi) is 4.07. The number of hydrogen-bond donors (Lipinski definition) is 1. The highest BCUT2D eigenvalue weighted by molar-refractivity contribution is 7.89. The van der Waals surface area contributed by atoms with E-state index in [0.717, 1.165) is 40.8 Å². The van der Waals surface area contributed by atoms with Gasteiger partial charge in [0.2, 0.25) is 10.0 Å². The van der Waals surface area contributed by atoms with Crippen molar-refractivity contribution in [3.8, 4) is 5.75 Å². The molecule has 27 heavy (non-hydrogen) atoms. The van der Waals surface area contributed by atoms with Crippen LogP contribution in [0.15, 0.2) is 41.6 Å². The van der Waals surface area contributed by atoms with Crippen molar-refractivity contribution in [3.63, 3.8) is 0 Å². The molecule has 0 saturated heterocycles. The fourth-order valence-electron chi connectivity index (χ4n) is 3.10. The zero-order chi connectivity index (χ0) is 19.2. The second-order valence-corrected chi connectivity index (χ2v) is 7.94. The Morgan fingerprint density at radius 2 is 1.89 bits per heavy atom. The average Bonchev–Trinajstić information content (AvgIpc) is 3.09. The van der Waals surface area contributed by atoms with E-state index in [-0.39, 0.29) is 18.0 Å². The zero-order valence-corrected chi connectivity index (χ0v) is 14.5. The lowest BCUT2D eigenvalue weighted by Crippen LogP contribution is -2.36. The first-order valence-corrected chi connectivity index (χ1v) is 9.34. The van der Waals surface area contributed by atoms with E-state index in [4.69, 9.17) is 0 Å². The van der Waals surface area contributed by atoms with Crippen LogP contribution < -0.4 is 4.74 Å². The topological polar surface area (TPSA) is 88.2 Å². The van der Waals surface area contributed by atoms with Gasteiger partial charge in [0.25, 0.3) is 0 Å². The smallest absolute Gasteiger partial charge is 0.406 e. The molecule has 0 saturated carbocycles. The highest BCUT2D eigenvalue weighted by Crippen LogP contribution is 2.30. The van der Waals surface area contributed by atoms with Gasteiger partial charge < -0.3 is 4.74 Å². The summed E-state index contributed by atoms with van der Waals surface area (Å²) in [5, 5.41) is 7.58. The number of sulfonamides is 1. The van der Waals surface area contributed by atoms with Gasteiger partial charge in [-0.05, 0) is 41.8 Å². The fourth-order valence-corrected chi connectivity index (χ4v) is 4.52.